The SMILES string of the molecule is Cc1cc(N2CCN(C(=O)[C@@H](N)C(C)(C)C)CC2)nc(C(C)C)n1. The molecule has 0 bridgehead atoms. The summed E-state index contributed by atoms with van der Waals surface area (Å²) in [7, 11) is 0. The lowest BCUT2D eigenvalue weighted by Gasteiger charge is -2.38. The minimum atomic E-state index is -0.460. The number of hydrogen-bond donors (Lipinski definition) is 1. The number of anilines is 1. The van der Waals surface area contributed by atoms with Crippen LogP contribution in [0, 0.1) is 12.3 Å². The Bertz CT molecular complexity index is 586. The van der Waals surface area contributed by atoms with Gasteiger partial charge in [0.15, 0.2) is 0 Å². The van der Waals surface area contributed by atoms with Gasteiger partial charge in [-0.15, -0.1) is 0 Å². The van der Waals surface area contributed by atoms with Crippen molar-refractivity contribution < 1.29 is 4.79 Å². The highest BCUT2D eigenvalue weighted by atomic mass is 16.2. The number of rotatable bonds is 3. The van der Waals surface area contributed by atoms with Gasteiger partial charge in [-0.25, -0.2) is 9.97 Å². The topological polar surface area (TPSA) is 75.3 Å². The first-order valence-corrected chi connectivity index (χ1v) is 8.74. The normalized spacial score (nSPS) is 17.3. The molecule has 1 atom stereocenters. The van der Waals surface area contributed by atoms with Crippen LogP contribution in [-0.2, 0) is 4.79 Å². The van der Waals surface area contributed by atoms with Crippen LogP contribution in [0.15, 0.2) is 6.07 Å². The number of nitrogens with two attached hydrogens (primary N) is 1. The zero-order valence-electron chi connectivity index (χ0n) is 15.8. The Balaban J connectivity index is 2.04. The number of nitrogens with zero attached hydrogens (tertiary/aromatic N) is 4. The lowest BCUT2D eigenvalue weighted by atomic mass is 9.86. The van der Waals surface area contributed by atoms with E-state index in [2.05, 4.69) is 28.7 Å². The number of aryl methyl sites for hydroxylation is 1. The molecule has 24 heavy (non-hydrogen) atoms. The highest BCUT2D eigenvalue weighted by Gasteiger charge is 2.32. The summed E-state index contributed by atoms with van der Waals surface area (Å²) in [4.78, 5) is 25.8. The summed E-state index contributed by atoms with van der Waals surface area (Å²) in [6, 6.07) is 1.56. The second-order valence-corrected chi connectivity index (χ2v) is 8.04. The Morgan fingerprint density at radius 1 is 1.17 bits per heavy atom. The Hall–Kier alpha value is -1.69. The largest absolute Gasteiger partial charge is 0.353 e. The summed E-state index contributed by atoms with van der Waals surface area (Å²) in [5.41, 5.74) is 6.88. The minimum Gasteiger partial charge on any atom is -0.353 e. The summed E-state index contributed by atoms with van der Waals surface area (Å²) in [5, 5.41) is 0. The summed E-state index contributed by atoms with van der Waals surface area (Å²) in [6.45, 7) is 15.1. The predicted octanol–water partition coefficient (Wildman–Crippen LogP) is 1.93. The smallest absolute Gasteiger partial charge is 0.240 e. The fraction of sp³-hybridized carbons (Fsp3) is 0.722. The second kappa shape index (κ2) is 7.05. The van der Waals surface area contributed by atoms with E-state index in [1.807, 2.05) is 38.7 Å². The maximum absolute atomic E-state index is 12.5. The summed E-state index contributed by atoms with van der Waals surface area (Å²) >= 11 is 0. The monoisotopic (exact) mass is 333 g/mol. The van der Waals surface area contributed by atoms with Gasteiger partial charge >= 0.3 is 0 Å². The molecule has 1 saturated heterocycles. The summed E-state index contributed by atoms with van der Waals surface area (Å²) < 4.78 is 0. The van der Waals surface area contributed by atoms with Gasteiger partial charge < -0.3 is 15.5 Å². The molecule has 1 aromatic heterocycles. The molecule has 0 aromatic carbocycles. The van der Waals surface area contributed by atoms with E-state index in [1.165, 1.54) is 0 Å². The third kappa shape index (κ3) is 4.23. The molecule has 6 heteroatoms. The van der Waals surface area contributed by atoms with Crippen LogP contribution >= 0.6 is 0 Å². The molecule has 1 aromatic rings. The molecule has 1 fully saturated rings. The van der Waals surface area contributed by atoms with Crippen molar-refractivity contribution in [2.24, 2.45) is 11.1 Å². The first-order valence-electron chi connectivity index (χ1n) is 8.74. The Kier molecular flexibility index (Phi) is 5.48. The van der Waals surface area contributed by atoms with E-state index in [1.54, 1.807) is 0 Å². The van der Waals surface area contributed by atoms with Crippen molar-refractivity contribution in [3.8, 4) is 0 Å². The van der Waals surface area contributed by atoms with Gasteiger partial charge in [0.1, 0.15) is 11.6 Å². The van der Waals surface area contributed by atoms with Gasteiger partial charge in [0, 0.05) is 43.9 Å². The van der Waals surface area contributed by atoms with Crippen molar-refractivity contribution >= 4 is 11.7 Å². The number of amides is 1. The van der Waals surface area contributed by atoms with E-state index < -0.39 is 6.04 Å². The molecule has 0 radical (unpaired) electrons. The van der Waals surface area contributed by atoms with E-state index in [-0.39, 0.29) is 11.3 Å². The second-order valence-electron chi connectivity index (χ2n) is 8.04. The highest BCUT2D eigenvalue weighted by Crippen LogP contribution is 2.22. The molecule has 2 heterocycles. The molecule has 0 spiro atoms. The van der Waals surface area contributed by atoms with Crippen LogP contribution in [0.3, 0.4) is 0 Å². The van der Waals surface area contributed by atoms with Gasteiger partial charge in [0.2, 0.25) is 5.91 Å². The lowest BCUT2D eigenvalue weighted by molar-refractivity contribution is -0.135. The zero-order valence-corrected chi connectivity index (χ0v) is 15.8. The predicted molar refractivity (Wildman–Crippen MR) is 97.1 cm³/mol. The van der Waals surface area contributed by atoms with Crippen molar-refractivity contribution in [2.75, 3.05) is 31.1 Å². The lowest BCUT2D eigenvalue weighted by Crippen LogP contribution is -2.56. The molecule has 6 nitrogen and oxygen atoms in total. The molecule has 2 N–H and O–H groups in total. The van der Waals surface area contributed by atoms with Gasteiger partial charge in [-0.2, -0.15) is 0 Å². The first kappa shape index (κ1) is 18.6. The van der Waals surface area contributed by atoms with Crippen LogP contribution in [-0.4, -0.2) is 53.0 Å². The van der Waals surface area contributed by atoms with Crippen molar-refractivity contribution in [3.05, 3.63) is 17.6 Å². The van der Waals surface area contributed by atoms with Gasteiger partial charge in [0.25, 0.3) is 0 Å². The van der Waals surface area contributed by atoms with Crippen LogP contribution < -0.4 is 10.6 Å². The molecular weight excluding hydrogens is 302 g/mol. The van der Waals surface area contributed by atoms with Crippen molar-refractivity contribution in [1.82, 2.24) is 14.9 Å². The Labute approximate surface area is 145 Å². The summed E-state index contributed by atoms with van der Waals surface area (Å²) in [5.74, 6) is 2.18. The molecule has 0 unspecified atom stereocenters. The van der Waals surface area contributed by atoms with Crippen molar-refractivity contribution in [2.45, 2.75) is 53.5 Å². The minimum absolute atomic E-state index is 0.0453. The van der Waals surface area contributed by atoms with E-state index in [0.717, 1.165) is 30.4 Å². The number of aromatic nitrogens is 2. The van der Waals surface area contributed by atoms with Crippen LogP contribution in [0.4, 0.5) is 5.82 Å². The molecule has 1 amide bonds. The van der Waals surface area contributed by atoms with Crippen molar-refractivity contribution in [1.29, 1.82) is 0 Å². The Morgan fingerprint density at radius 2 is 1.75 bits per heavy atom. The number of carbonyl (C=O) groups excluding carboxylic acids is 1. The van der Waals surface area contributed by atoms with Crippen LogP contribution in [0.1, 0.15) is 52.1 Å². The van der Waals surface area contributed by atoms with E-state index in [4.69, 9.17) is 5.73 Å². The fourth-order valence-corrected chi connectivity index (χ4v) is 2.72. The average molecular weight is 333 g/mol. The maximum Gasteiger partial charge on any atom is 0.240 e. The molecule has 134 valence electrons. The highest BCUT2D eigenvalue weighted by molar-refractivity contribution is 5.82. The van der Waals surface area contributed by atoms with Crippen LogP contribution in [0.5, 0.6) is 0 Å². The molecular formula is C18H31N5O. The van der Waals surface area contributed by atoms with Gasteiger partial charge in [-0.1, -0.05) is 34.6 Å². The number of piperazine rings is 1. The number of hydrogen-bond acceptors (Lipinski definition) is 5. The van der Waals surface area contributed by atoms with Crippen LogP contribution in [0.25, 0.3) is 0 Å². The van der Waals surface area contributed by atoms with Crippen LogP contribution in [0.2, 0.25) is 0 Å². The molecule has 1 aliphatic rings. The standard InChI is InChI=1S/C18H31N5O/c1-12(2)16-20-13(3)11-14(21-16)22-7-9-23(10-8-22)17(24)15(19)18(4,5)6/h11-12,15H,7-10,19H2,1-6H3/t15-/m1/s1. The average Bonchev–Trinajstić information content (AvgIpc) is 2.52. The molecule has 0 aliphatic carbocycles. The quantitative estimate of drug-likeness (QED) is 0.915. The molecule has 0 saturated carbocycles. The zero-order chi connectivity index (χ0) is 18.1. The Morgan fingerprint density at radius 3 is 2.25 bits per heavy atom. The third-order valence-corrected chi connectivity index (χ3v) is 4.49. The van der Waals surface area contributed by atoms with E-state index in [0.29, 0.717) is 19.0 Å². The van der Waals surface area contributed by atoms with Gasteiger partial charge in [-0.05, 0) is 12.3 Å². The number of carbonyl (C=O) groups is 1. The van der Waals surface area contributed by atoms with E-state index >= 15 is 0 Å². The fourth-order valence-electron chi connectivity index (χ4n) is 2.72. The van der Waals surface area contributed by atoms with E-state index in [9.17, 15) is 4.79 Å². The van der Waals surface area contributed by atoms with Gasteiger partial charge in [-0.3, -0.25) is 4.79 Å². The molecule has 2 rings (SSSR count). The maximum atomic E-state index is 12.5. The molecule has 1 aliphatic heterocycles. The first-order chi connectivity index (χ1) is 11.1. The van der Waals surface area contributed by atoms with Crippen molar-refractivity contribution in [3.63, 3.8) is 0 Å². The third-order valence-electron chi connectivity index (χ3n) is 4.49. The van der Waals surface area contributed by atoms with Gasteiger partial charge in [0.05, 0.1) is 6.04 Å². The summed E-state index contributed by atoms with van der Waals surface area (Å²) in [6.07, 6.45) is 0.